The van der Waals surface area contributed by atoms with Crippen LogP contribution in [0.1, 0.15) is 39.5 Å². The second kappa shape index (κ2) is 3.54. The molecule has 0 aliphatic heterocycles. The molecule has 1 nitrogen and oxygen atoms in total. The van der Waals surface area contributed by atoms with Crippen molar-refractivity contribution in [2.45, 2.75) is 26.7 Å². The van der Waals surface area contributed by atoms with E-state index in [9.17, 15) is 4.79 Å². The smallest absolute Gasteiger partial charge is 0.196 e. The van der Waals surface area contributed by atoms with Crippen LogP contribution in [-0.2, 0) is 12.8 Å². The molecular weight excluding hydrogens is 236 g/mol. The number of hydrogen-bond acceptors (Lipinski definition) is 3. The maximum Gasteiger partial charge on any atom is 0.196 e. The quantitative estimate of drug-likeness (QED) is 0.666. The highest BCUT2D eigenvalue weighted by Crippen LogP contribution is 2.46. The molecule has 0 unspecified atom stereocenters. The summed E-state index contributed by atoms with van der Waals surface area (Å²) in [4.78, 5) is 17.2. The van der Waals surface area contributed by atoms with Gasteiger partial charge < -0.3 is 0 Å². The summed E-state index contributed by atoms with van der Waals surface area (Å²) in [6.45, 7) is 4.27. The topological polar surface area (TPSA) is 17.1 Å². The molecule has 1 aliphatic rings. The lowest BCUT2D eigenvalue weighted by atomic mass is 10.1. The summed E-state index contributed by atoms with van der Waals surface area (Å²) in [6.07, 6.45) is 2.04. The molecule has 2 aromatic heterocycles. The van der Waals surface area contributed by atoms with E-state index in [0.29, 0.717) is 0 Å². The Labute approximate surface area is 103 Å². The first-order valence-electron chi connectivity index (χ1n) is 5.55. The van der Waals surface area contributed by atoms with Gasteiger partial charge >= 0.3 is 0 Å². The Hall–Kier alpha value is -0.930. The van der Waals surface area contributed by atoms with E-state index < -0.39 is 0 Å². The summed E-state index contributed by atoms with van der Waals surface area (Å²) in [5.41, 5.74) is 1.87. The highest BCUT2D eigenvalue weighted by molar-refractivity contribution is 7.23. The maximum absolute atomic E-state index is 12.2. The zero-order valence-corrected chi connectivity index (χ0v) is 10.9. The SMILES string of the molecule is CCc1cc2c(s1)-c1sc(CC)cc1C2=O. The van der Waals surface area contributed by atoms with Crippen molar-refractivity contribution in [3.8, 4) is 9.75 Å². The minimum atomic E-state index is 0.233. The Bertz CT molecular complexity index is 525. The Morgan fingerprint density at radius 1 is 0.938 bits per heavy atom. The van der Waals surface area contributed by atoms with Crippen LogP contribution < -0.4 is 0 Å². The van der Waals surface area contributed by atoms with Gasteiger partial charge in [0.05, 0.1) is 9.75 Å². The van der Waals surface area contributed by atoms with E-state index in [4.69, 9.17) is 0 Å². The van der Waals surface area contributed by atoms with Gasteiger partial charge in [-0.05, 0) is 25.0 Å². The van der Waals surface area contributed by atoms with Gasteiger partial charge in [0.15, 0.2) is 5.78 Å². The molecule has 3 heteroatoms. The van der Waals surface area contributed by atoms with Crippen LogP contribution in [0.2, 0.25) is 0 Å². The molecule has 2 aromatic rings. The zero-order valence-electron chi connectivity index (χ0n) is 9.29. The number of aryl methyl sites for hydroxylation is 2. The van der Waals surface area contributed by atoms with E-state index in [-0.39, 0.29) is 5.78 Å². The summed E-state index contributed by atoms with van der Waals surface area (Å²) < 4.78 is 0. The number of carbonyl (C=O) groups is 1. The predicted octanol–water partition coefficient (Wildman–Crippen LogP) is 4.15. The third-order valence-corrected chi connectivity index (χ3v) is 5.68. The molecule has 1 aliphatic carbocycles. The van der Waals surface area contributed by atoms with Crippen molar-refractivity contribution in [1.29, 1.82) is 0 Å². The summed E-state index contributed by atoms with van der Waals surface area (Å²) in [5, 5.41) is 0. The summed E-state index contributed by atoms with van der Waals surface area (Å²) in [7, 11) is 0. The van der Waals surface area contributed by atoms with Gasteiger partial charge in [0.1, 0.15) is 0 Å². The van der Waals surface area contributed by atoms with Gasteiger partial charge in [-0.25, -0.2) is 0 Å². The molecule has 82 valence electrons. The van der Waals surface area contributed by atoms with Crippen LogP contribution in [0.5, 0.6) is 0 Å². The van der Waals surface area contributed by atoms with E-state index in [1.54, 1.807) is 22.7 Å². The molecule has 0 atom stereocenters. The van der Waals surface area contributed by atoms with Crippen LogP contribution in [0.15, 0.2) is 12.1 Å². The molecule has 0 saturated carbocycles. The predicted molar refractivity (Wildman–Crippen MR) is 69.8 cm³/mol. The first kappa shape index (κ1) is 10.2. The third-order valence-electron chi connectivity index (χ3n) is 2.96. The van der Waals surface area contributed by atoms with Crippen LogP contribution in [-0.4, -0.2) is 5.78 Å². The van der Waals surface area contributed by atoms with Gasteiger partial charge in [0, 0.05) is 20.9 Å². The minimum Gasteiger partial charge on any atom is -0.288 e. The molecule has 16 heavy (non-hydrogen) atoms. The molecule has 0 aromatic carbocycles. The van der Waals surface area contributed by atoms with Crippen LogP contribution in [0.3, 0.4) is 0 Å². The Morgan fingerprint density at radius 2 is 1.38 bits per heavy atom. The van der Waals surface area contributed by atoms with Crippen molar-refractivity contribution in [2.24, 2.45) is 0 Å². The second-order valence-electron chi connectivity index (χ2n) is 3.95. The van der Waals surface area contributed by atoms with Gasteiger partial charge in [0.25, 0.3) is 0 Å². The monoisotopic (exact) mass is 248 g/mol. The molecule has 0 spiro atoms. The third kappa shape index (κ3) is 1.25. The molecule has 0 saturated heterocycles. The standard InChI is InChI=1S/C13H12OS2/c1-3-7-5-9-11(14)10-6-8(4-2)16-13(10)12(9)15-7/h5-6H,3-4H2,1-2H3. The first-order valence-corrected chi connectivity index (χ1v) is 7.18. The van der Waals surface area contributed by atoms with E-state index in [2.05, 4.69) is 26.0 Å². The van der Waals surface area contributed by atoms with Crippen molar-refractivity contribution in [3.63, 3.8) is 0 Å². The van der Waals surface area contributed by atoms with E-state index >= 15 is 0 Å². The largest absolute Gasteiger partial charge is 0.288 e. The fourth-order valence-electron chi connectivity index (χ4n) is 2.05. The lowest BCUT2D eigenvalue weighted by Crippen LogP contribution is -1.92. The number of carbonyl (C=O) groups excluding carboxylic acids is 1. The number of thiophene rings is 2. The van der Waals surface area contributed by atoms with Crippen LogP contribution in [0.4, 0.5) is 0 Å². The lowest BCUT2D eigenvalue weighted by Gasteiger charge is -1.88. The van der Waals surface area contributed by atoms with Crippen molar-refractivity contribution in [2.75, 3.05) is 0 Å². The average Bonchev–Trinajstić information content (AvgIpc) is 2.94. The van der Waals surface area contributed by atoms with E-state index in [1.165, 1.54) is 19.5 Å². The highest BCUT2D eigenvalue weighted by atomic mass is 32.1. The van der Waals surface area contributed by atoms with E-state index in [1.807, 2.05) is 0 Å². The highest BCUT2D eigenvalue weighted by Gasteiger charge is 2.31. The second-order valence-corrected chi connectivity index (χ2v) is 6.22. The lowest BCUT2D eigenvalue weighted by molar-refractivity contribution is 0.104. The average molecular weight is 248 g/mol. The van der Waals surface area contributed by atoms with E-state index in [0.717, 1.165) is 24.0 Å². The van der Waals surface area contributed by atoms with Gasteiger partial charge in [0.2, 0.25) is 0 Å². The Balaban J connectivity index is 2.21. The summed E-state index contributed by atoms with van der Waals surface area (Å²) >= 11 is 3.56. The molecule has 0 bridgehead atoms. The Kier molecular flexibility index (Phi) is 2.26. The Morgan fingerprint density at radius 3 is 1.75 bits per heavy atom. The fourth-order valence-corrected chi connectivity index (χ4v) is 4.40. The van der Waals surface area contributed by atoms with Crippen molar-refractivity contribution in [3.05, 3.63) is 33.0 Å². The molecular formula is C13H12OS2. The van der Waals surface area contributed by atoms with Gasteiger partial charge in [-0.2, -0.15) is 0 Å². The van der Waals surface area contributed by atoms with Crippen molar-refractivity contribution >= 4 is 28.5 Å². The minimum absolute atomic E-state index is 0.233. The van der Waals surface area contributed by atoms with Crippen LogP contribution in [0.25, 0.3) is 9.75 Å². The molecule has 0 fully saturated rings. The van der Waals surface area contributed by atoms with Crippen LogP contribution >= 0.6 is 22.7 Å². The van der Waals surface area contributed by atoms with Gasteiger partial charge in [-0.15, -0.1) is 22.7 Å². The maximum atomic E-state index is 12.2. The summed E-state index contributed by atoms with van der Waals surface area (Å²) in [5.74, 6) is 0.233. The molecule has 2 heterocycles. The number of rotatable bonds is 2. The summed E-state index contributed by atoms with van der Waals surface area (Å²) in [6, 6.07) is 4.14. The van der Waals surface area contributed by atoms with Crippen LogP contribution in [0, 0.1) is 0 Å². The number of fused-ring (bicyclic) bond motifs is 3. The van der Waals surface area contributed by atoms with Crippen molar-refractivity contribution in [1.82, 2.24) is 0 Å². The van der Waals surface area contributed by atoms with Gasteiger partial charge in [-0.1, -0.05) is 13.8 Å². The molecule has 3 rings (SSSR count). The normalized spacial score (nSPS) is 13.0. The van der Waals surface area contributed by atoms with Crippen molar-refractivity contribution < 1.29 is 4.79 Å². The first-order chi connectivity index (χ1) is 7.74. The number of hydrogen-bond donors (Lipinski definition) is 0. The molecule has 0 amide bonds. The fraction of sp³-hybridized carbons (Fsp3) is 0.308. The molecule has 0 radical (unpaired) electrons. The molecule has 0 N–H and O–H groups in total. The zero-order chi connectivity index (χ0) is 11.3. The number of ketones is 1. The van der Waals surface area contributed by atoms with Gasteiger partial charge in [-0.3, -0.25) is 4.79 Å².